The Kier molecular flexibility index (Phi) is 6.91. The number of aryl methyl sites for hydroxylation is 1. The van der Waals surface area contributed by atoms with E-state index >= 15 is 0 Å². The summed E-state index contributed by atoms with van der Waals surface area (Å²) in [5.41, 5.74) is -8.51. The zero-order valence-corrected chi connectivity index (χ0v) is 23.7. The number of hydrogen-bond acceptors (Lipinski definition) is 4. The van der Waals surface area contributed by atoms with E-state index in [0.29, 0.717) is 63.1 Å². The molecular formula is C30H29F7N2O3S. The van der Waals surface area contributed by atoms with Crippen LogP contribution >= 0.6 is 11.8 Å². The Bertz CT molecular complexity index is 1410. The molecule has 5 aliphatic rings. The lowest BCUT2D eigenvalue weighted by molar-refractivity contribution is -0.350. The number of halogens is 7. The van der Waals surface area contributed by atoms with Gasteiger partial charge in [0.1, 0.15) is 0 Å². The van der Waals surface area contributed by atoms with Crippen molar-refractivity contribution in [2.75, 3.05) is 6.54 Å². The Labute approximate surface area is 247 Å². The molecule has 2 unspecified atom stereocenters. The molecule has 13 heteroatoms. The van der Waals surface area contributed by atoms with Crippen LogP contribution in [0.2, 0.25) is 0 Å². The van der Waals surface area contributed by atoms with Gasteiger partial charge in [0.2, 0.25) is 5.91 Å². The van der Waals surface area contributed by atoms with Crippen molar-refractivity contribution >= 4 is 23.6 Å². The number of pyridine rings is 1. The summed E-state index contributed by atoms with van der Waals surface area (Å²) in [5, 5.41) is 9.78. The number of carboxylic acid groups (broad SMARTS) is 1. The van der Waals surface area contributed by atoms with Gasteiger partial charge in [0, 0.05) is 22.5 Å². The van der Waals surface area contributed by atoms with E-state index in [1.807, 2.05) is 18.2 Å². The van der Waals surface area contributed by atoms with E-state index < -0.39 is 51.3 Å². The molecule has 2 heterocycles. The van der Waals surface area contributed by atoms with Gasteiger partial charge in [-0.15, -0.1) is 11.8 Å². The predicted molar refractivity (Wildman–Crippen MR) is 142 cm³/mol. The minimum absolute atomic E-state index is 0.0321. The number of thioether (sulfide) groups is 1. The third-order valence-electron chi connectivity index (χ3n) is 10.3. The van der Waals surface area contributed by atoms with E-state index in [1.165, 1.54) is 11.8 Å². The van der Waals surface area contributed by atoms with Crippen molar-refractivity contribution < 1.29 is 45.4 Å². The van der Waals surface area contributed by atoms with Crippen molar-refractivity contribution in [2.24, 2.45) is 10.8 Å². The standard InChI is InChI=1S/C30H29F7N2O3S/c31-28(29(32,33)34,30(35,36)37)21-8-6-19-20(38-21)7-9-22-27(19,43-18-4-2-1-3-5-18)16-17-39(22)23(40)25-10-13-26(14-11-25,15-12-25)24(41)42/h1-6,8,22H,7,9-17H2,(H,41,42). The third-order valence-corrected chi connectivity index (χ3v) is 11.9. The van der Waals surface area contributed by atoms with Gasteiger partial charge in [-0.1, -0.05) is 24.3 Å². The Balaban J connectivity index is 1.39. The molecule has 1 aromatic carbocycles. The average Bonchev–Trinajstić information content (AvgIpc) is 3.35. The van der Waals surface area contributed by atoms with Crippen LogP contribution in [0.1, 0.15) is 68.3 Å². The molecular weight excluding hydrogens is 601 g/mol. The number of carbonyl (C=O) groups is 2. The fraction of sp³-hybridized carbons (Fsp3) is 0.567. The number of benzene rings is 1. The lowest BCUT2D eigenvalue weighted by atomic mass is 9.53. The molecule has 1 aliphatic heterocycles. The van der Waals surface area contributed by atoms with Crippen molar-refractivity contribution in [2.45, 2.75) is 91.5 Å². The quantitative estimate of drug-likeness (QED) is 0.351. The number of amides is 1. The van der Waals surface area contributed by atoms with Crippen molar-refractivity contribution in [3.05, 3.63) is 59.4 Å². The van der Waals surface area contributed by atoms with Gasteiger partial charge in [-0.05, 0) is 81.5 Å². The number of aromatic nitrogens is 1. The van der Waals surface area contributed by atoms with Gasteiger partial charge in [0.05, 0.1) is 21.9 Å². The molecule has 5 nitrogen and oxygen atoms in total. The summed E-state index contributed by atoms with van der Waals surface area (Å²) in [6, 6.07) is 10.3. The van der Waals surface area contributed by atoms with Gasteiger partial charge in [0.15, 0.2) is 0 Å². The van der Waals surface area contributed by atoms with Gasteiger partial charge < -0.3 is 10.0 Å². The van der Waals surface area contributed by atoms with Crippen molar-refractivity contribution in [1.29, 1.82) is 0 Å². The largest absolute Gasteiger partial charge is 0.481 e. The molecule has 1 aromatic heterocycles. The maximum Gasteiger partial charge on any atom is 0.437 e. The lowest BCUT2D eigenvalue weighted by Crippen LogP contribution is -2.56. The Hall–Kier alpha value is -2.83. The minimum atomic E-state index is -6.27. The van der Waals surface area contributed by atoms with Crippen molar-refractivity contribution in [3.63, 3.8) is 0 Å². The summed E-state index contributed by atoms with van der Waals surface area (Å²) in [5.74, 6) is -0.909. The number of hydrogen-bond donors (Lipinski definition) is 1. The fourth-order valence-corrected chi connectivity index (χ4v) is 9.39. The Morgan fingerprint density at radius 2 is 1.42 bits per heavy atom. The molecule has 4 fully saturated rings. The molecule has 7 rings (SSSR count). The van der Waals surface area contributed by atoms with E-state index in [9.17, 15) is 45.4 Å². The van der Waals surface area contributed by atoms with Crippen LogP contribution in [0.4, 0.5) is 30.7 Å². The van der Waals surface area contributed by atoms with Crippen LogP contribution < -0.4 is 0 Å². The summed E-state index contributed by atoms with van der Waals surface area (Å²) >= 11 is 1.39. The minimum Gasteiger partial charge on any atom is -0.481 e. The number of nitrogens with zero attached hydrogens (tertiary/aromatic N) is 2. The van der Waals surface area contributed by atoms with Crippen molar-refractivity contribution in [3.8, 4) is 0 Å². The SMILES string of the molecule is O=C(O)C12CCC(C(=O)N3CCC4(Sc5ccccc5)c5ccc(C(F)(C(F)(F)F)C(F)(F)F)nc5CCC34)(CC1)CC2. The molecule has 1 N–H and O–H groups in total. The maximum absolute atomic E-state index is 14.9. The van der Waals surface area contributed by atoms with Gasteiger partial charge in [-0.25, -0.2) is 4.39 Å². The lowest BCUT2D eigenvalue weighted by Gasteiger charge is -2.52. The van der Waals surface area contributed by atoms with Crippen LogP contribution in [0.25, 0.3) is 0 Å². The number of alkyl halides is 7. The van der Waals surface area contributed by atoms with E-state index in [1.54, 1.807) is 17.0 Å². The van der Waals surface area contributed by atoms with Crippen LogP contribution in [0, 0.1) is 10.8 Å². The van der Waals surface area contributed by atoms with Crippen LogP contribution in [-0.4, -0.2) is 51.8 Å². The highest BCUT2D eigenvalue weighted by atomic mass is 32.2. The van der Waals surface area contributed by atoms with Crippen LogP contribution in [-0.2, 0) is 26.4 Å². The number of fused-ring (bicyclic) bond motifs is 6. The zero-order chi connectivity index (χ0) is 31.1. The molecule has 0 spiro atoms. The monoisotopic (exact) mass is 630 g/mol. The highest BCUT2D eigenvalue weighted by Crippen LogP contribution is 2.61. The summed E-state index contributed by atoms with van der Waals surface area (Å²) in [6.45, 7) is 0.314. The second-order valence-electron chi connectivity index (χ2n) is 12.3. The molecule has 43 heavy (non-hydrogen) atoms. The number of carboxylic acids is 1. The maximum atomic E-state index is 14.9. The number of carbonyl (C=O) groups excluding carboxylic acids is 1. The van der Waals surface area contributed by atoms with Crippen LogP contribution in [0.5, 0.6) is 0 Å². The normalized spacial score (nSPS) is 30.6. The highest BCUT2D eigenvalue weighted by molar-refractivity contribution is 8.00. The van der Waals surface area contributed by atoms with E-state index in [-0.39, 0.29) is 24.4 Å². The van der Waals surface area contributed by atoms with Crippen LogP contribution in [0.15, 0.2) is 47.4 Å². The summed E-state index contributed by atoms with van der Waals surface area (Å²) < 4.78 is 95.2. The number of rotatable bonds is 5. The first-order valence-corrected chi connectivity index (χ1v) is 15.0. The van der Waals surface area contributed by atoms with Gasteiger partial charge in [-0.3, -0.25) is 14.6 Å². The van der Waals surface area contributed by atoms with Crippen LogP contribution in [0.3, 0.4) is 0 Å². The van der Waals surface area contributed by atoms with E-state index in [0.717, 1.165) is 11.0 Å². The third kappa shape index (κ3) is 4.38. The number of aliphatic carboxylic acids is 1. The fourth-order valence-electron chi connectivity index (χ4n) is 7.81. The van der Waals surface area contributed by atoms with Crippen molar-refractivity contribution in [1.82, 2.24) is 9.88 Å². The molecule has 0 radical (unpaired) electrons. The second-order valence-corrected chi connectivity index (χ2v) is 13.7. The first kappa shape index (κ1) is 30.2. The molecule has 1 saturated heterocycles. The first-order chi connectivity index (χ1) is 20.1. The molecule has 2 atom stereocenters. The molecule has 1 amide bonds. The smallest absolute Gasteiger partial charge is 0.437 e. The first-order valence-electron chi connectivity index (χ1n) is 14.2. The topological polar surface area (TPSA) is 70.5 Å². The van der Waals surface area contributed by atoms with Gasteiger partial charge >= 0.3 is 24.0 Å². The molecule has 2 bridgehead atoms. The summed E-state index contributed by atoms with van der Waals surface area (Å²) in [7, 11) is 0. The van der Waals surface area contributed by atoms with Gasteiger partial charge in [-0.2, -0.15) is 26.3 Å². The molecule has 232 valence electrons. The zero-order valence-electron chi connectivity index (χ0n) is 22.9. The average molecular weight is 631 g/mol. The Morgan fingerprint density at radius 1 is 0.837 bits per heavy atom. The highest BCUT2D eigenvalue weighted by Gasteiger charge is 2.75. The molecule has 4 aliphatic carbocycles. The van der Waals surface area contributed by atoms with Gasteiger partial charge in [0.25, 0.3) is 0 Å². The molecule has 3 saturated carbocycles. The number of likely N-dealkylation sites (tertiary alicyclic amines) is 1. The summed E-state index contributed by atoms with van der Waals surface area (Å²) in [6.07, 6.45) is -9.38. The van der Waals surface area contributed by atoms with E-state index in [4.69, 9.17) is 0 Å². The van der Waals surface area contributed by atoms with E-state index in [2.05, 4.69) is 4.98 Å². The second kappa shape index (κ2) is 9.84. The Morgan fingerprint density at radius 3 is 1.98 bits per heavy atom. The predicted octanol–water partition coefficient (Wildman–Crippen LogP) is 7.33. The summed E-state index contributed by atoms with van der Waals surface area (Å²) in [4.78, 5) is 32.5. The molecule has 2 aromatic rings.